The number of hydrogen-bond acceptors (Lipinski definition) is 0. The van der Waals surface area contributed by atoms with Crippen LogP contribution in [-0.4, -0.2) is 0 Å². The van der Waals surface area contributed by atoms with Crippen molar-refractivity contribution in [3.8, 4) is 0 Å². The van der Waals surface area contributed by atoms with Crippen LogP contribution in [0, 0.1) is 0 Å². The lowest BCUT2D eigenvalue weighted by atomic mass is 9.66. The van der Waals surface area contributed by atoms with Gasteiger partial charge >= 0.3 is 0 Å². The Morgan fingerprint density at radius 1 is 0.429 bits per heavy atom. The third kappa shape index (κ3) is 2.24. The van der Waals surface area contributed by atoms with Crippen LogP contribution in [0.3, 0.4) is 0 Å². The molecule has 4 unspecified atom stereocenters. The molecule has 0 bridgehead atoms. The summed E-state index contributed by atoms with van der Waals surface area (Å²) in [4.78, 5) is 0. The summed E-state index contributed by atoms with van der Waals surface area (Å²) in [7, 11) is 0. The highest BCUT2D eigenvalue weighted by molar-refractivity contribution is 5.93. The molecule has 0 saturated heterocycles. The molecule has 0 fully saturated rings. The molecule has 6 rings (SSSR count). The molecule has 0 N–H and O–H groups in total. The van der Waals surface area contributed by atoms with Gasteiger partial charge in [0.05, 0.1) is 0 Å². The van der Waals surface area contributed by atoms with Gasteiger partial charge in [0.15, 0.2) is 0 Å². The van der Waals surface area contributed by atoms with E-state index in [0.29, 0.717) is 23.7 Å². The molecule has 0 saturated carbocycles. The van der Waals surface area contributed by atoms with Gasteiger partial charge in [0.25, 0.3) is 0 Å². The second-order valence-corrected chi connectivity index (χ2v) is 8.10. The molecule has 134 valence electrons. The van der Waals surface area contributed by atoms with E-state index in [9.17, 15) is 0 Å². The number of fused-ring (bicyclic) bond motifs is 3. The van der Waals surface area contributed by atoms with Crippen molar-refractivity contribution in [3.63, 3.8) is 0 Å². The fourth-order valence-corrected chi connectivity index (χ4v) is 5.64. The monoisotopic (exact) mass is 358 g/mol. The first-order valence-corrected chi connectivity index (χ1v) is 10.2. The molecule has 28 heavy (non-hydrogen) atoms. The molecule has 0 heterocycles. The van der Waals surface area contributed by atoms with Gasteiger partial charge in [-0.25, -0.2) is 0 Å². The minimum Gasteiger partial charge on any atom is -0.0797 e. The van der Waals surface area contributed by atoms with Crippen LogP contribution in [0.1, 0.15) is 45.9 Å². The summed E-state index contributed by atoms with van der Waals surface area (Å²) in [5, 5.41) is 2.87. The minimum absolute atomic E-state index is 0.421. The van der Waals surface area contributed by atoms with Crippen LogP contribution >= 0.6 is 0 Å². The topological polar surface area (TPSA) is 0 Å². The van der Waals surface area contributed by atoms with Crippen LogP contribution in [0.5, 0.6) is 0 Å². The van der Waals surface area contributed by atoms with Gasteiger partial charge < -0.3 is 0 Å². The summed E-state index contributed by atoms with van der Waals surface area (Å²) in [5.41, 5.74) is 5.89. The SMILES string of the molecule is C1=CC(c2ccccc2)C2c3cccc4cccc(c34)C2C1c1ccccc1. The Morgan fingerprint density at radius 3 is 1.36 bits per heavy atom. The fraction of sp³-hybridized carbons (Fsp3) is 0.143. The number of benzene rings is 4. The van der Waals surface area contributed by atoms with Gasteiger partial charge in [-0.3, -0.25) is 0 Å². The first kappa shape index (κ1) is 15.9. The van der Waals surface area contributed by atoms with Crippen molar-refractivity contribution in [2.24, 2.45) is 0 Å². The zero-order valence-electron chi connectivity index (χ0n) is 15.7. The van der Waals surface area contributed by atoms with Crippen molar-refractivity contribution in [1.82, 2.24) is 0 Å². The van der Waals surface area contributed by atoms with Gasteiger partial charge in [-0.05, 0) is 33.0 Å². The van der Waals surface area contributed by atoms with E-state index in [1.165, 1.54) is 33.0 Å². The van der Waals surface area contributed by atoms with Gasteiger partial charge in [0.1, 0.15) is 0 Å². The molecule has 4 aromatic carbocycles. The summed E-state index contributed by atoms with van der Waals surface area (Å²) in [5.74, 6) is 1.81. The minimum atomic E-state index is 0.421. The summed E-state index contributed by atoms with van der Waals surface area (Å²) in [6.45, 7) is 0. The third-order valence-electron chi connectivity index (χ3n) is 6.74. The van der Waals surface area contributed by atoms with E-state index in [1.807, 2.05) is 0 Å². The van der Waals surface area contributed by atoms with Crippen molar-refractivity contribution in [1.29, 1.82) is 0 Å². The van der Waals surface area contributed by atoms with Crippen LogP contribution < -0.4 is 0 Å². The molecular weight excluding hydrogens is 336 g/mol. The lowest BCUT2D eigenvalue weighted by Crippen LogP contribution is -2.23. The van der Waals surface area contributed by atoms with Crippen LogP contribution in [0.4, 0.5) is 0 Å². The number of allylic oxidation sites excluding steroid dienone is 2. The summed E-state index contributed by atoms with van der Waals surface area (Å²) >= 11 is 0. The van der Waals surface area contributed by atoms with Crippen molar-refractivity contribution < 1.29 is 0 Å². The zero-order chi connectivity index (χ0) is 18.5. The fourth-order valence-electron chi connectivity index (χ4n) is 5.64. The third-order valence-corrected chi connectivity index (χ3v) is 6.74. The molecule has 0 nitrogen and oxygen atoms in total. The molecule has 0 radical (unpaired) electrons. The Kier molecular flexibility index (Phi) is 3.52. The smallest absolute Gasteiger partial charge is 0.00933 e. The molecule has 0 heteroatoms. The van der Waals surface area contributed by atoms with Crippen LogP contribution in [0.25, 0.3) is 10.8 Å². The predicted molar refractivity (Wildman–Crippen MR) is 117 cm³/mol. The van der Waals surface area contributed by atoms with Crippen LogP contribution in [0.2, 0.25) is 0 Å². The first-order valence-electron chi connectivity index (χ1n) is 10.2. The Balaban J connectivity index is 1.61. The van der Waals surface area contributed by atoms with Crippen LogP contribution in [-0.2, 0) is 0 Å². The predicted octanol–water partition coefficient (Wildman–Crippen LogP) is 7.16. The summed E-state index contributed by atoms with van der Waals surface area (Å²) in [6, 6.07) is 35.8. The van der Waals surface area contributed by atoms with Gasteiger partial charge in [0.2, 0.25) is 0 Å². The van der Waals surface area contributed by atoms with Crippen LogP contribution in [0.15, 0.2) is 109 Å². The molecule has 0 amide bonds. The van der Waals surface area contributed by atoms with Crippen molar-refractivity contribution in [3.05, 3.63) is 131 Å². The average Bonchev–Trinajstić information content (AvgIpc) is 3.11. The van der Waals surface area contributed by atoms with Crippen molar-refractivity contribution in [2.75, 3.05) is 0 Å². The largest absolute Gasteiger partial charge is 0.0797 e. The maximum atomic E-state index is 2.47. The van der Waals surface area contributed by atoms with Gasteiger partial charge in [-0.2, -0.15) is 0 Å². The maximum absolute atomic E-state index is 2.47. The quantitative estimate of drug-likeness (QED) is 0.334. The number of hydrogen-bond donors (Lipinski definition) is 0. The highest BCUT2D eigenvalue weighted by atomic mass is 14.5. The van der Waals surface area contributed by atoms with E-state index in [4.69, 9.17) is 0 Å². The normalized spacial score (nSPS) is 25.0. The molecule has 0 spiro atoms. The summed E-state index contributed by atoms with van der Waals surface area (Å²) in [6.07, 6.45) is 4.94. The molecule has 0 aliphatic heterocycles. The maximum Gasteiger partial charge on any atom is 0.00933 e. The van der Waals surface area contributed by atoms with E-state index >= 15 is 0 Å². The Morgan fingerprint density at radius 2 is 0.893 bits per heavy atom. The van der Waals surface area contributed by atoms with Crippen molar-refractivity contribution >= 4 is 10.8 Å². The van der Waals surface area contributed by atoms with Crippen molar-refractivity contribution in [2.45, 2.75) is 23.7 Å². The summed E-state index contributed by atoms with van der Waals surface area (Å²) < 4.78 is 0. The second kappa shape index (κ2) is 6.21. The molecule has 0 aromatic heterocycles. The Hall–Kier alpha value is -3.12. The van der Waals surface area contributed by atoms with Gasteiger partial charge in [0, 0.05) is 23.7 Å². The molecule has 4 aromatic rings. The molecule has 2 aliphatic carbocycles. The van der Waals surface area contributed by atoms with E-state index in [2.05, 4.69) is 109 Å². The zero-order valence-corrected chi connectivity index (χ0v) is 15.7. The number of rotatable bonds is 2. The second-order valence-electron chi connectivity index (χ2n) is 8.10. The molecular formula is C28H22. The Bertz CT molecular complexity index is 1080. The van der Waals surface area contributed by atoms with E-state index in [1.54, 1.807) is 0 Å². The molecule has 2 aliphatic rings. The van der Waals surface area contributed by atoms with E-state index < -0.39 is 0 Å². The lowest BCUT2D eigenvalue weighted by Gasteiger charge is -2.37. The molecule has 4 atom stereocenters. The van der Waals surface area contributed by atoms with E-state index in [0.717, 1.165) is 0 Å². The van der Waals surface area contributed by atoms with Gasteiger partial charge in [-0.1, -0.05) is 109 Å². The van der Waals surface area contributed by atoms with E-state index in [-0.39, 0.29) is 0 Å². The Labute approximate surface area is 166 Å². The first-order chi connectivity index (χ1) is 13.9. The lowest BCUT2D eigenvalue weighted by molar-refractivity contribution is 0.459. The highest BCUT2D eigenvalue weighted by Crippen LogP contribution is 2.60. The standard InChI is InChI=1S/C28H22/c1-3-9-19(10-4-1)22-17-18-23(20-11-5-2-6-12-20)28-25-16-8-14-21-13-7-15-24(26(21)25)27(22)28/h1-18,22-23,27-28H. The van der Waals surface area contributed by atoms with Gasteiger partial charge in [-0.15, -0.1) is 0 Å². The average molecular weight is 358 g/mol. The highest BCUT2D eigenvalue weighted by Gasteiger charge is 2.44.